The number of rotatable bonds is 24. The average molecular weight is 447 g/mol. The third kappa shape index (κ3) is 21.4. The zero-order valence-electron chi connectivity index (χ0n) is 20.8. The minimum atomic E-state index is -3.44. The van der Waals surface area contributed by atoms with E-state index in [1.165, 1.54) is 96.3 Å². The monoisotopic (exact) mass is 446 g/mol. The van der Waals surface area contributed by atoms with E-state index in [1.54, 1.807) is 0 Å². The highest BCUT2D eigenvalue weighted by Gasteiger charge is 2.24. The molecule has 0 radical (unpaired) electrons. The summed E-state index contributed by atoms with van der Waals surface area (Å²) in [5.41, 5.74) is 0. The van der Waals surface area contributed by atoms with Crippen LogP contribution in [0.3, 0.4) is 0 Å². The Morgan fingerprint density at radius 2 is 0.900 bits per heavy atom. The largest absolute Gasteiger partial charge is 0.328 e. The van der Waals surface area contributed by atoms with Crippen LogP contribution < -0.4 is 0 Å². The molecule has 0 amide bonds. The van der Waals surface area contributed by atoms with Crippen LogP contribution in [0, 0.1) is 0 Å². The lowest BCUT2D eigenvalue weighted by molar-refractivity contribution is 0.149. The van der Waals surface area contributed by atoms with Crippen molar-refractivity contribution in [2.75, 3.05) is 6.16 Å². The predicted molar refractivity (Wildman–Crippen MR) is 134 cm³/mol. The summed E-state index contributed by atoms with van der Waals surface area (Å²) in [7, 11) is -3.44. The molecule has 4 heteroatoms. The topological polar surface area (TPSA) is 46.5 Å². The minimum absolute atomic E-state index is 0.0264. The second-order valence-corrected chi connectivity index (χ2v) is 11.3. The summed E-state index contributed by atoms with van der Waals surface area (Å²) in [6.07, 6.45) is 25.6. The number of unbranched alkanes of at least 4 members (excludes halogenated alkanes) is 16. The first-order valence-corrected chi connectivity index (χ1v) is 15.3. The van der Waals surface area contributed by atoms with Gasteiger partial charge in [0, 0.05) is 6.16 Å². The Morgan fingerprint density at radius 3 is 1.37 bits per heavy atom. The van der Waals surface area contributed by atoms with Crippen molar-refractivity contribution in [2.24, 2.45) is 0 Å². The molecule has 0 aromatic rings. The van der Waals surface area contributed by atoms with Gasteiger partial charge in [-0.2, -0.15) is 0 Å². The Hall–Kier alpha value is 0.150. The first-order valence-electron chi connectivity index (χ1n) is 13.6. The molecule has 2 unspecified atom stereocenters. The molecule has 0 rings (SSSR count). The van der Waals surface area contributed by atoms with Gasteiger partial charge in [0.2, 0.25) is 0 Å². The summed E-state index contributed by atoms with van der Waals surface area (Å²) >= 11 is 0. The fourth-order valence-electron chi connectivity index (χ4n) is 4.11. The molecule has 0 aromatic carbocycles. The molecular weight excluding hydrogens is 391 g/mol. The van der Waals surface area contributed by atoms with Crippen molar-refractivity contribution in [3.05, 3.63) is 0 Å². The normalized spacial score (nSPS) is 14.7. The van der Waals surface area contributed by atoms with Gasteiger partial charge in [-0.05, 0) is 19.3 Å². The molecule has 0 bridgehead atoms. The summed E-state index contributed by atoms with van der Waals surface area (Å²) in [5.74, 6) is 0. The Labute approximate surface area is 189 Å². The first-order chi connectivity index (χ1) is 14.6. The van der Waals surface area contributed by atoms with Gasteiger partial charge in [0.05, 0.1) is 6.10 Å². The van der Waals surface area contributed by atoms with Crippen molar-refractivity contribution < 1.29 is 14.0 Å². The summed E-state index contributed by atoms with van der Waals surface area (Å²) in [4.78, 5) is 10.4. The van der Waals surface area contributed by atoms with E-state index in [1.807, 2.05) is 0 Å². The van der Waals surface area contributed by atoms with Crippen LogP contribution in [0.2, 0.25) is 0 Å². The van der Waals surface area contributed by atoms with Crippen molar-refractivity contribution in [1.82, 2.24) is 0 Å². The highest BCUT2D eigenvalue weighted by Crippen LogP contribution is 2.45. The SMILES string of the molecule is CCCCCCCCCCC(CCCCC)OP(=O)(O)CCCCCCCCCC. The second kappa shape index (κ2) is 22.3. The Morgan fingerprint density at radius 1 is 0.567 bits per heavy atom. The van der Waals surface area contributed by atoms with E-state index in [-0.39, 0.29) is 6.10 Å². The van der Waals surface area contributed by atoms with Gasteiger partial charge in [0.1, 0.15) is 0 Å². The van der Waals surface area contributed by atoms with E-state index in [0.717, 1.165) is 38.5 Å². The van der Waals surface area contributed by atoms with Crippen LogP contribution in [0.5, 0.6) is 0 Å². The molecule has 182 valence electrons. The summed E-state index contributed by atoms with van der Waals surface area (Å²) in [6, 6.07) is 0. The third-order valence-electron chi connectivity index (χ3n) is 6.12. The Kier molecular flexibility index (Phi) is 22.5. The lowest BCUT2D eigenvalue weighted by Crippen LogP contribution is -2.13. The molecule has 0 aliphatic heterocycles. The molecule has 0 aliphatic carbocycles. The van der Waals surface area contributed by atoms with Gasteiger partial charge in [-0.1, -0.05) is 136 Å². The fourth-order valence-corrected chi connectivity index (χ4v) is 5.51. The molecule has 0 heterocycles. The lowest BCUT2D eigenvalue weighted by Gasteiger charge is -2.21. The molecule has 0 fully saturated rings. The molecular formula is C26H55O3P. The van der Waals surface area contributed by atoms with Crippen molar-refractivity contribution in [3.63, 3.8) is 0 Å². The van der Waals surface area contributed by atoms with Crippen molar-refractivity contribution in [1.29, 1.82) is 0 Å². The number of hydrogen-bond donors (Lipinski definition) is 1. The summed E-state index contributed by atoms with van der Waals surface area (Å²) < 4.78 is 18.4. The zero-order chi connectivity index (χ0) is 22.3. The van der Waals surface area contributed by atoms with Crippen LogP contribution in [0.15, 0.2) is 0 Å². The van der Waals surface area contributed by atoms with E-state index < -0.39 is 7.60 Å². The van der Waals surface area contributed by atoms with Crippen molar-refractivity contribution in [3.8, 4) is 0 Å². The summed E-state index contributed by atoms with van der Waals surface area (Å²) in [6.45, 7) is 6.70. The second-order valence-electron chi connectivity index (χ2n) is 9.32. The van der Waals surface area contributed by atoms with Gasteiger partial charge in [-0.3, -0.25) is 4.57 Å². The molecule has 3 nitrogen and oxygen atoms in total. The van der Waals surface area contributed by atoms with Gasteiger partial charge >= 0.3 is 7.60 Å². The van der Waals surface area contributed by atoms with Crippen LogP contribution in [-0.4, -0.2) is 17.2 Å². The molecule has 2 atom stereocenters. The Bertz CT molecular complexity index is 386. The highest BCUT2D eigenvalue weighted by molar-refractivity contribution is 7.52. The maximum absolute atomic E-state index is 12.6. The van der Waals surface area contributed by atoms with Crippen molar-refractivity contribution in [2.45, 2.75) is 162 Å². The molecule has 0 saturated heterocycles. The zero-order valence-corrected chi connectivity index (χ0v) is 21.7. The molecule has 0 aromatic heterocycles. The van der Waals surface area contributed by atoms with Gasteiger partial charge in [0.25, 0.3) is 0 Å². The predicted octanol–water partition coefficient (Wildman–Crippen LogP) is 9.81. The average Bonchev–Trinajstić information content (AvgIpc) is 2.71. The molecule has 1 N–H and O–H groups in total. The van der Waals surface area contributed by atoms with E-state index in [0.29, 0.717) is 6.16 Å². The number of hydrogen-bond acceptors (Lipinski definition) is 2. The molecule has 30 heavy (non-hydrogen) atoms. The van der Waals surface area contributed by atoms with Crippen LogP contribution in [0.1, 0.15) is 156 Å². The molecule has 0 spiro atoms. The fraction of sp³-hybridized carbons (Fsp3) is 1.00. The van der Waals surface area contributed by atoms with Gasteiger partial charge in [-0.25, -0.2) is 0 Å². The smallest absolute Gasteiger partial charge is 0.324 e. The van der Waals surface area contributed by atoms with Gasteiger partial charge in [-0.15, -0.1) is 0 Å². The van der Waals surface area contributed by atoms with Crippen LogP contribution in [-0.2, 0) is 9.09 Å². The maximum Gasteiger partial charge on any atom is 0.328 e. The lowest BCUT2D eigenvalue weighted by atomic mass is 10.0. The first kappa shape index (κ1) is 30.1. The Balaban J connectivity index is 4.03. The van der Waals surface area contributed by atoms with Crippen LogP contribution in [0.25, 0.3) is 0 Å². The van der Waals surface area contributed by atoms with E-state index >= 15 is 0 Å². The van der Waals surface area contributed by atoms with Gasteiger partial charge < -0.3 is 9.42 Å². The van der Waals surface area contributed by atoms with E-state index in [2.05, 4.69) is 20.8 Å². The quantitative estimate of drug-likeness (QED) is 0.118. The maximum atomic E-state index is 12.6. The van der Waals surface area contributed by atoms with Crippen LogP contribution >= 0.6 is 7.60 Å². The molecule has 0 aliphatic rings. The van der Waals surface area contributed by atoms with E-state index in [9.17, 15) is 9.46 Å². The molecule has 0 saturated carbocycles. The van der Waals surface area contributed by atoms with Crippen LogP contribution in [0.4, 0.5) is 0 Å². The highest BCUT2D eigenvalue weighted by atomic mass is 31.2. The van der Waals surface area contributed by atoms with Gasteiger partial charge in [0.15, 0.2) is 0 Å². The van der Waals surface area contributed by atoms with Crippen molar-refractivity contribution >= 4 is 7.60 Å². The third-order valence-corrected chi connectivity index (χ3v) is 7.63. The standard InChI is InChI=1S/C26H55O3P/c1-4-7-10-12-14-16-18-21-24-26(23-20-9-6-3)29-30(27,28)25-22-19-17-15-13-11-8-5-2/h26H,4-25H2,1-3H3,(H,27,28). The summed E-state index contributed by atoms with van der Waals surface area (Å²) in [5, 5.41) is 0. The van der Waals surface area contributed by atoms with E-state index in [4.69, 9.17) is 4.52 Å². The minimum Gasteiger partial charge on any atom is -0.324 e.